The third-order valence-corrected chi connectivity index (χ3v) is 9.69. The van der Waals surface area contributed by atoms with Gasteiger partial charge in [-0.15, -0.1) is 0 Å². The Balaban J connectivity index is 1.29. The minimum absolute atomic E-state index is 0.0589. The van der Waals surface area contributed by atoms with E-state index in [-0.39, 0.29) is 23.8 Å². The van der Waals surface area contributed by atoms with Crippen LogP contribution in [0.5, 0.6) is 0 Å². The van der Waals surface area contributed by atoms with E-state index in [4.69, 9.17) is 21.7 Å². The molecule has 2 aromatic rings. The van der Waals surface area contributed by atoms with Crippen molar-refractivity contribution in [3.05, 3.63) is 35.5 Å². The maximum absolute atomic E-state index is 12.9. The van der Waals surface area contributed by atoms with Crippen molar-refractivity contribution < 1.29 is 9.90 Å². The third-order valence-electron chi connectivity index (χ3n) is 9.41. The highest BCUT2D eigenvalue weighted by Crippen LogP contribution is 2.65. The predicted molar refractivity (Wildman–Crippen MR) is 152 cm³/mol. The van der Waals surface area contributed by atoms with Crippen molar-refractivity contribution in [3.63, 3.8) is 0 Å². The summed E-state index contributed by atoms with van der Waals surface area (Å²) >= 11 is 6.57. The Morgan fingerprint density at radius 1 is 1.13 bits per heavy atom. The summed E-state index contributed by atoms with van der Waals surface area (Å²) in [5, 5.41) is 19.4. The molecule has 4 N–H and O–H groups in total. The van der Waals surface area contributed by atoms with Gasteiger partial charge in [-0.05, 0) is 61.3 Å². The van der Waals surface area contributed by atoms with Crippen LogP contribution in [0, 0.1) is 23.2 Å². The van der Waals surface area contributed by atoms with E-state index in [9.17, 15) is 4.79 Å². The van der Waals surface area contributed by atoms with Gasteiger partial charge < -0.3 is 26.0 Å². The molecule has 38 heavy (non-hydrogen) atoms. The van der Waals surface area contributed by atoms with Crippen LogP contribution in [0.4, 0.5) is 23.1 Å². The minimum Gasteiger partial charge on any atom is -0.395 e. The van der Waals surface area contributed by atoms with Crippen LogP contribution in [0.2, 0.25) is 5.02 Å². The second kappa shape index (κ2) is 10.5. The lowest BCUT2D eigenvalue weighted by Gasteiger charge is -2.66. The number of piperazine rings is 1. The van der Waals surface area contributed by atoms with Crippen molar-refractivity contribution in [2.75, 3.05) is 61.9 Å². The molecule has 0 radical (unpaired) electrons. The van der Waals surface area contributed by atoms with E-state index >= 15 is 0 Å². The molecule has 2 heterocycles. The number of aliphatic hydroxyl groups excluding tert-OH is 1. The summed E-state index contributed by atoms with van der Waals surface area (Å²) in [6.45, 7) is 11.5. The Bertz CT molecular complexity index is 1150. The van der Waals surface area contributed by atoms with E-state index < -0.39 is 5.54 Å². The van der Waals surface area contributed by atoms with Gasteiger partial charge in [0.2, 0.25) is 11.9 Å². The molecule has 1 amide bonds. The lowest BCUT2D eigenvalue weighted by molar-refractivity contribution is -0.155. The monoisotopic (exact) mass is 541 g/mol. The lowest BCUT2D eigenvalue weighted by Crippen LogP contribution is -2.69. The van der Waals surface area contributed by atoms with Crippen LogP contribution in [-0.4, -0.2) is 77.8 Å². The van der Waals surface area contributed by atoms with E-state index in [0.29, 0.717) is 28.6 Å². The molecule has 6 rings (SSSR count). The average Bonchev–Trinajstić information content (AvgIpc) is 2.91. The molecule has 3 saturated carbocycles. The number of hydrogen-bond acceptors (Lipinski definition) is 8. The van der Waals surface area contributed by atoms with Gasteiger partial charge in [0.05, 0.1) is 24.3 Å². The van der Waals surface area contributed by atoms with E-state index in [2.05, 4.69) is 63.6 Å². The Labute approximate surface area is 230 Å². The maximum Gasteiger partial charge on any atom is 0.229 e. The molecule has 9 nitrogen and oxygen atoms in total. The Kier molecular flexibility index (Phi) is 7.46. The number of benzene rings is 1. The Morgan fingerprint density at radius 2 is 1.84 bits per heavy atom. The zero-order valence-electron chi connectivity index (χ0n) is 22.8. The quantitative estimate of drug-likeness (QED) is 0.402. The van der Waals surface area contributed by atoms with Crippen LogP contribution in [0.25, 0.3) is 0 Å². The van der Waals surface area contributed by atoms with Crippen molar-refractivity contribution >= 4 is 40.6 Å². The highest BCUT2D eigenvalue weighted by atomic mass is 35.5. The van der Waals surface area contributed by atoms with Crippen LogP contribution in [-0.2, 0) is 4.79 Å². The number of aliphatic hydroxyl groups is 1. The molecule has 2 bridgehead atoms. The summed E-state index contributed by atoms with van der Waals surface area (Å²) in [5.74, 6) is 1.77. The molecule has 1 saturated heterocycles. The zero-order chi connectivity index (χ0) is 27.1. The van der Waals surface area contributed by atoms with E-state index in [1.54, 1.807) is 13.2 Å². The third kappa shape index (κ3) is 4.92. The fourth-order valence-electron chi connectivity index (χ4n) is 6.96. The summed E-state index contributed by atoms with van der Waals surface area (Å²) in [5.41, 5.74) is 1.73. The van der Waals surface area contributed by atoms with Gasteiger partial charge in [0.25, 0.3) is 0 Å². The molecule has 1 aromatic heterocycles. The highest BCUT2D eigenvalue weighted by Gasteiger charge is 2.64. The molecule has 3 aliphatic carbocycles. The zero-order valence-corrected chi connectivity index (χ0v) is 23.6. The number of aromatic nitrogens is 2. The summed E-state index contributed by atoms with van der Waals surface area (Å²) in [6, 6.07) is 8.26. The minimum atomic E-state index is -0.476. The summed E-state index contributed by atoms with van der Waals surface area (Å²) in [6.07, 6.45) is 3.55. The van der Waals surface area contributed by atoms with E-state index in [1.165, 1.54) is 5.69 Å². The second-order valence-electron chi connectivity index (χ2n) is 11.7. The normalized spacial score (nSPS) is 28.4. The Hall–Kier alpha value is -2.62. The molecule has 10 heteroatoms. The topological polar surface area (TPSA) is 106 Å². The van der Waals surface area contributed by atoms with Gasteiger partial charge in [-0.3, -0.25) is 9.69 Å². The van der Waals surface area contributed by atoms with E-state index in [1.807, 2.05) is 12.1 Å². The SMILES string of the molecule is CNC(=O)[C@H]1C[C@H]2C[C@H](C2(C)C)[C@@]1(C)Nc1nc(Nc2ccc(N3CCN(CCO)CC3)cc2)ncc1Cl. The molecule has 4 fully saturated rings. The lowest BCUT2D eigenvalue weighted by atomic mass is 9.40. The number of β-amino-alcohol motifs (C(OH)–C–C–N with tert-alkyl or cyclic N) is 1. The molecule has 1 aromatic carbocycles. The number of rotatable bonds is 8. The van der Waals surface area contributed by atoms with Crippen LogP contribution in [0.3, 0.4) is 0 Å². The number of nitrogens with one attached hydrogen (secondary N) is 3. The van der Waals surface area contributed by atoms with Crippen LogP contribution in [0.1, 0.15) is 33.6 Å². The standard InChI is InChI=1S/C28H40ClN7O2/c1-27(2)18-15-21(25(38)30-4)28(3,23(27)16-18)34-24-22(29)17-31-26(33-24)32-19-5-7-20(8-6-19)36-11-9-35(10-12-36)13-14-37/h5-8,17-18,21,23,37H,9-16H2,1-4H3,(H,30,38)(H2,31,32,33,34)/t18-,21+,23+,28-/m0/s1. The largest absolute Gasteiger partial charge is 0.395 e. The molecule has 4 aliphatic rings. The van der Waals surface area contributed by atoms with Crippen molar-refractivity contribution in [1.29, 1.82) is 0 Å². The second-order valence-corrected chi connectivity index (χ2v) is 12.1. The van der Waals surface area contributed by atoms with Gasteiger partial charge >= 0.3 is 0 Å². The first-order chi connectivity index (χ1) is 18.2. The summed E-state index contributed by atoms with van der Waals surface area (Å²) in [7, 11) is 1.70. The van der Waals surface area contributed by atoms with Crippen molar-refractivity contribution in [2.24, 2.45) is 23.2 Å². The van der Waals surface area contributed by atoms with Crippen LogP contribution < -0.4 is 20.9 Å². The number of halogens is 1. The first kappa shape index (κ1) is 27.0. The number of hydrogen-bond donors (Lipinski definition) is 4. The molecular formula is C28H40ClN7O2. The molecule has 1 aliphatic heterocycles. The number of fused-ring (bicyclic) bond motifs is 2. The predicted octanol–water partition coefficient (Wildman–Crippen LogP) is 3.59. The fourth-order valence-corrected chi connectivity index (χ4v) is 7.10. The molecular weight excluding hydrogens is 502 g/mol. The van der Waals surface area contributed by atoms with Gasteiger partial charge in [0.15, 0.2) is 5.82 Å². The van der Waals surface area contributed by atoms with Gasteiger partial charge in [0.1, 0.15) is 5.02 Å². The van der Waals surface area contributed by atoms with Crippen molar-refractivity contribution in [1.82, 2.24) is 20.2 Å². The average molecular weight is 542 g/mol. The molecule has 0 spiro atoms. The number of carbonyl (C=O) groups excluding carboxylic acids is 1. The molecule has 206 valence electrons. The van der Waals surface area contributed by atoms with E-state index in [0.717, 1.165) is 51.3 Å². The van der Waals surface area contributed by atoms with Crippen molar-refractivity contribution in [3.8, 4) is 0 Å². The van der Waals surface area contributed by atoms with Crippen molar-refractivity contribution in [2.45, 2.75) is 39.2 Å². The smallest absolute Gasteiger partial charge is 0.229 e. The van der Waals surface area contributed by atoms with Crippen LogP contribution >= 0.6 is 11.6 Å². The number of anilines is 4. The van der Waals surface area contributed by atoms with Gasteiger partial charge in [-0.25, -0.2) is 4.98 Å². The Morgan fingerprint density at radius 3 is 2.47 bits per heavy atom. The summed E-state index contributed by atoms with van der Waals surface area (Å²) < 4.78 is 0. The summed E-state index contributed by atoms with van der Waals surface area (Å²) in [4.78, 5) is 26.7. The van der Waals surface area contributed by atoms with Gasteiger partial charge in [-0.2, -0.15) is 4.98 Å². The number of nitrogens with zero attached hydrogens (tertiary/aromatic N) is 4. The number of amides is 1. The van der Waals surface area contributed by atoms with Crippen LogP contribution in [0.15, 0.2) is 30.5 Å². The van der Waals surface area contributed by atoms with Gasteiger partial charge in [0, 0.05) is 51.1 Å². The first-order valence-corrected chi connectivity index (χ1v) is 14.0. The number of carbonyl (C=O) groups is 1. The maximum atomic E-state index is 12.9. The fraction of sp³-hybridized carbons (Fsp3) is 0.607. The highest BCUT2D eigenvalue weighted by molar-refractivity contribution is 6.32. The molecule has 4 atom stereocenters. The molecule has 0 unspecified atom stereocenters. The first-order valence-electron chi connectivity index (χ1n) is 13.6. The van der Waals surface area contributed by atoms with Gasteiger partial charge in [-0.1, -0.05) is 25.4 Å².